The lowest BCUT2D eigenvalue weighted by atomic mass is 9.71. The highest BCUT2D eigenvalue weighted by atomic mass is 14.6. The molecule has 1 radical (unpaired) electrons. The second-order valence-electron chi connectivity index (χ2n) is 4.81. The third kappa shape index (κ3) is 0.538. The van der Waals surface area contributed by atoms with Gasteiger partial charge in [-0.05, 0) is 42.4 Å². The molecule has 2 aliphatic carbocycles. The lowest BCUT2D eigenvalue weighted by Crippen LogP contribution is -2.26. The fraction of sp³-hybridized carbons (Fsp3) is 0.900. The number of hydrogen-bond acceptors (Lipinski definition) is 0. The highest BCUT2D eigenvalue weighted by Crippen LogP contribution is 2.64. The van der Waals surface area contributed by atoms with E-state index in [2.05, 4.69) is 27.2 Å². The van der Waals surface area contributed by atoms with Gasteiger partial charge in [-0.3, -0.25) is 0 Å². The zero-order valence-electron chi connectivity index (χ0n) is 7.28. The van der Waals surface area contributed by atoms with Gasteiger partial charge >= 0.3 is 0 Å². The van der Waals surface area contributed by atoms with Crippen molar-refractivity contribution < 1.29 is 0 Å². The Kier molecular flexibility index (Phi) is 1.07. The maximum Gasteiger partial charge on any atom is -0.0241 e. The van der Waals surface area contributed by atoms with Crippen molar-refractivity contribution in [1.29, 1.82) is 0 Å². The Morgan fingerprint density at radius 1 is 1.30 bits per heavy atom. The molecule has 0 aromatic carbocycles. The van der Waals surface area contributed by atoms with Crippen molar-refractivity contribution in [2.24, 2.45) is 16.7 Å². The molecule has 2 rings (SSSR count). The summed E-state index contributed by atoms with van der Waals surface area (Å²) in [5.41, 5.74) is 1.19. The average Bonchev–Trinajstić information content (AvgIpc) is 2.18. The Bertz CT molecular complexity index is 145. The van der Waals surface area contributed by atoms with Crippen LogP contribution in [0.25, 0.3) is 0 Å². The summed E-state index contributed by atoms with van der Waals surface area (Å²) in [4.78, 5) is 0. The van der Waals surface area contributed by atoms with Gasteiger partial charge in [0, 0.05) is 0 Å². The fourth-order valence-corrected chi connectivity index (χ4v) is 2.80. The molecule has 10 heavy (non-hydrogen) atoms. The predicted molar refractivity (Wildman–Crippen MR) is 43.5 cm³/mol. The SMILES string of the molecule is CC12[CH]C[C@@H](CC1)C2(C)C. The van der Waals surface area contributed by atoms with Crippen LogP contribution in [0.15, 0.2) is 0 Å². The predicted octanol–water partition coefficient (Wildman–Crippen LogP) is 3.04. The minimum atomic E-state index is 0.581. The average molecular weight is 137 g/mol. The van der Waals surface area contributed by atoms with Gasteiger partial charge in [0.1, 0.15) is 0 Å². The summed E-state index contributed by atoms with van der Waals surface area (Å²) >= 11 is 0. The fourth-order valence-electron chi connectivity index (χ4n) is 2.80. The van der Waals surface area contributed by atoms with Gasteiger partial charge in [-0.1, -0.05) is 20.8 Å². The van der Waals surface area contributed by atoms with E-state index in [0.29, 0.717) is 10.8 Å². The summed E-state index contributed by atoms with van der Waals surface area (Å²) in [6.07, 6.45) is 6.84. The van der Waals surface area contributed by atoms with E-state index in [1.165, 1.54) is 19.3 Å². The monoisotopic (exact) mass is 137 g/mol. The Labute approximate surface area is 64.0 Å². The van der Waals surface area contributed by atoms with E-state index in [0.717, 1.165) is 5.92 Å². The third-order valence-corrected chi connectivity index (χ3v) is 4.36. The normalized spacial score (nSPS) is 50.1. The van der Waals surface area contributed by atoms with Gasteiger partial charge in [0.25, 0.3) is 0 Å². The molecule has 0 aromatic heterocycles. The first-order valence-electron chi connectivity index (χ1n) is 4.41. The molecule has 2 atom stereocenters. The maximum absolute atomic E-state index is 2.56. The standard InChI is InChI=1S/C10H17/c1-9(2)8-4-6-10(9,3)7-5-8/h6,8H,4-5,7H2,1-3H3/t8-,10?/m0/s1. The molecule has 2 bridgehead atoms. The topological polar surface area (TPSA) is 0 Å². The van der Waals surface area contributed by atoms with Crippen LogP contribution in [-0.2, 0) is 0 Å². The van der Waals surface area contributed by atoms with E-state index in [1.54, 1.807) is 0 Å². The smallest absolute Gasteiger partial charge is 0.0241 e. The van der Waals surface area contributed by atoms with Crippen molar-refractivity contribution in [2.75, 3.05) is 0 Å². The molecule has 0 saturated heterocycles. The van der Waals surface area contributed by atoms with Crippen molar-refractivity contribution in [2.45, 2.75) is 40.0 Å². The van der Waals surface area contributed by atoms with Gasteiger partial charge in [-0.15, -0.1) is 0 Å². The van der Waals surface area contributed by atoms with Crippen molar-refractivity contribution in [3.05, 3.63) is 6.42 Å². The lowest BCUT2D eigenvalue weighted by molar-refractivity contribution is 0.177. The van der Waals surface area contributed by atoms with Crippen molar-refractivity contribution >= 4 is 0 Å². The number of hydrogen-bond donors (Lipinski definition) is 0. The Morgan fingerprint density at radius 3 is 2.10 bits per heavy atom. The molecule has 1 unspecified atom stereocenters. The molecule has 0 aromatic rings. The number of fused-ring (bicyclic) bond motifs is 2. The molecule has 57 valence electrons. The van der Waals surface area contributed by atoms with Gasteiger partial charge < -0.3 is 0 Å². The molecular formula is C10H17. The van der Waals surface area contributed by atoms with Crippen LogP contribution >= 0.6 is 0 Å². The van der Waals surface area contributed by atoms with Crippen LogP contribution in [0.1, 0.15) is 40.0 Å². The number of rotatable bonds is 0. The minimum Gasteiger partial charge on any atom is -0.0591 e. The highest BCUT2D eigenvalue weighted by Gasteiger charge is 2.55. The molecule has 2 aliphatic rings. The van der Waals surface area contributed by atoms with Crippen LogP contribution in [-0.4, -0.2) is 0 Å². The Morgan fingerprint density at radius 2 is 2.00 bits per heavy atom. The maximum atomic E-state index is 2.56. The van der Waals surface area contributed by atoms with Crippen LogP contribution in [0, 0.1) is 23.2 Å². The van der Waals surface area contributed by atoms with Crippen molar-refractivity contribution in [3.8, 4) is 0 Å². The van der Waals surface area contributed by atoms with Crippen LogP contribution in [0.3, 0.4) is 0 Å². The van der Waals surface area contributed by atoms with Gasteiger partial charge in [-0.25, -0.2) is 0 Å². The van der Waals surface area contributed by atoms with Crippen LogP contribution in [0.4, 0.5) is 0 Å². The zero-order valence-corrected chi connectivity index (χ0v) is 7.28. The highest BCUT2D eigenvalue weighted by molar-refractivity contribution is 5.14. The molecule has 0 aliphatic heterocycles. The molecule has 0 N–H and O–H groups in total. The van der Waals surface area contributed by atoms with Crippen LogP contribution < -0.4 is 0 Å². The van der Waals surface area contributed by atoms with Crippen LogP contribution in [0.5, 0.6) is 0 Å². The minimum absolute atomic E-state index is 0.581. The summed E-state index contributed by atoms with van der Waals surface area (Å²) in [6.45, 7) is 7.31. The first kappa shape index (κ1) is 6.69. The molecule has 0 heterocycles. The zero-order chi connectivity index (χ0) is 7.41. The van der Waals surface area contributed by atoms with Crippen molar-refractivity contribution in [1.82, 2.24) is 0 Å². The van der Waals surface area contributed by atoms with E-state index in [-0.39, 0.29) is 0 Å². The molecule has 0 heteroatoms. The summed E-state index contributed by atoms with van der Waals surface area (Å²) in [5.74, 6) is 0.998. The summed E-state index contributed by atoms with van der Waals surface area (Å²) in [7, 11) is 0. The third-order valence-electron chi connectivity index (χ3n) is 4.36. The van der Waals surface area contributed by atoms with E-state index in [1.807, 2.05) is 0 Å². The quantitative estimate of drug-likeness (QED) is 0.481. The Hall–Kier alpha value is 0. The second kappa shape index (κ2) is 1.60. The lowest BCUT2D eigenvalue weighted by Gasteiger charge is -2.34. The van der Waals surface area contributed by atoms with E-state index in [9.17, 15) is 0 Å². The van der Waals surface area contributed by atoms with Gasteiger partial charge in [0.05, 0.1) is 0 Å². The Balaban J connectivity index is 2.37. The summed E-state index contributed by atoms with van der Waals surface area (Å²) in [5, 5.41) is 0. The van der Waals surface area contributed by atoms with E-state index >= 15 is 0 Å². The first-order chi connectivity index (χ1) is 4.56. The van der Waals surface area contributed by atoms with Gasteiger partial charge in [-0.2, -0.15) is 0 Å². The molecular weight excluding hydrogens is 120 g/mol. The molecule has 0 spiro atoms. The van der Waals surface area contributed by atoms with Crippen LogP contribution in [0.2, 0.25) is 0 Å². The largest absolute Gasteiger partial charge is 0.0591 e. The van der Waals surface area contributed by atoms with Gasteiger partial charge in [0.15, 0.2) is 0 Å². The summed E-state index contributed by atoms with van der Waals surface area (Å²) < 4.78 is 0. The van der Waals surface area contributed by atoms with E-state index < -0.39 is 0 Å². The van der Waals surface area contributed by atoms with Crippen molar-refractivity contribution in [3.63, 3.8) is 0 Å². The van der Waals surface area contributed by atoms with Gasteiger partial charge in [0.2, 0.25) is 0 Å². The molecule has 2 fully saturated rings. The van der Waals surface area contributed by atoms with E-state index in [4.69, 9.17) is 0 Å². The second-order valence-corrected chi connectivity index (χ2v) is 4.81. The molecule has 0 nitrogen and oxygen atoms in total. The summed E-state index contributed by atoms with van der Waals surface area (Å²) in [6, 6.07) is 0. The molecule has 0 amide bonds. The molecule has 2 saturated carbocycles. The first-order valence-corrected chi connectivity index (χ1v) is 4.41.